The SMILES string of the molecule is CCOc1ccccc1Nc1cc(C(=O)NCC(C)C)nc(-c2ccccc2)n1. The Morgan fingerprint density at radius 3 is 2.48 bits per heavy atom. The second-order valence-corrected chi connectivity index (χ2v) is 6.99. The smallest absolute Gasteiger partial charge is 0.270 e. The lowest BCUT2D eigenvalue weighted by molar-refractivity contribution is 0.0944. The fraction of sp³-hybridized carbons (Fsp3) is 0.261. The number of rotatable bonds is 8. The Bertz CT molecular complexity index is 958. The van der Waals surface area contributed by atoms with Crippen molar-refractivity contribution in [1.82, 2.24) is 15.3 Å². The lowest BCUT2D eigenvalue weighted by atomic mass is 10.2. The standard InChI is InChI=1S/C23H26N4O2/c1-4-29-20-13-9-8-12-18(20)25-21-14-19(23(28)24-15-16(2)3)26-22(27-21)17-10-6-5-7-11-17/h5-14,16H,4,15H2,1-3H3,(H,24,28)(H,25,26,27). The van der Waals surface area contributed by atoms with Crippen LogP contribution in [0.1, 0.15) is 31.3 Å². The number of nitrogens with one attached hydrogen (secondary N) is 2. The normalized spacial score (nSPS) is 10.6. The molecular formula is C23H26N4O2. The molecule has 3 rings (SSSR count). The first kappa shape index (κ1) is 20.3. The maximum Gasteiger partial charge on any atom is 0.270 e. The molecule has 0 bridgehead atoms. The van der Waals surface area contributed by atoms with Crippen LogP contribution in [0.25, 0.3) is 11.4 Å². The Kier molecular flexibility index (Phi) is 6.79. The van der Waals surface area contributed by atoms with E-state index >= 15 is 0 Å². The number of aromatic nitrogens is 2. The van der Waals surface area contributed by atoms with Crippen LogP contribution in [0.5, 0.6) is 5.75 Å². The van der Waals surface area contributed by atoms with Crippen molar-refractivity contribution >= 4 is 17.4 Å². The predicted molar refractivity (Wildman–Crippen MR) is 116 cm³/mol. The van der Waals surface area contributed by atoms with Crippen LogP contribution in [0.3, 0.4) is 0 Å². The number of hydrogen-bond acceptors (Lipinski definition) is 5. The third-order valence-electron chi connectivity index (χ3n) is 4.11. The summed E-state index contributed by atoms with van der Waals surface area (Å²) < 4.78 is 5.68. The monoisotopic (exact) mass is 390 g/mol. The average Bonchev–Trinajstić information content (AvgIpc) is 2.74. The van der Waals surface area contributed by atoms with E-state index in [1.807, 2.05) is 75.4 Å². The first-order valence-corrected chi connectivity index (χ1v) is 9.78. The Labute approximate surface area is 171 Å². The summed E-state index contributed by atoms with van der Waals surface area (Å²) in [6.07, 6.45) is 0. The van der Waals surface area contributed by atoms with Crippen molar-refractivity contribution < 1.29 is 9.53 Å². The van der Waals surface area contributed by atoms with E-state index in [1.165, 1.54) is 0 Å². The van der Waals surface area contributed by atoms with E-state index < -0.39 is 0 Å². The summed E-state index contributed by atoms with van der Waals surface area (Å²) in [5.41, 5.74) is 1.93. The lowest BCUT2D eigenvalue weighted by Gasteiger charge is -2.14. The second-order valence-electron chi connectivity index (χ2n) is 6.99. The van der Waals surface area contributed by atoms with Crippen molar-refractivity contribution in [3.05, 3.63) is 66.4 Å². The Balaban J connectivity index is 1.97. The quantitative estimate of drug-likeness (QED) is 0.584. The van der Waals surface area contributed by atoms with Gasteiger partial charge in [0.15, 0.2) is 5.82 Å². The highest BCUT2D eigenvalue weighted by Crippen LogP contribution is 2.28. The van der Waals surface area contributed by atoms with Crippen LogP contribution in [0.4, 0.5) is 11.5 Å². The molecule has 0 atom stereocenters. The van der Waals surface area contributed by atoms with Gasteiger partial charge in [-0.2, -0.15) is 0 Å². The van der Waals surface area contributed by atoms with E-state index in [2.05, 4.69) is 20.6 Å². The zero-order valence-corrected chi connectivity index (χ0v) is 17.0. The number of amides is 1. The zero-order valence-electron chi connectivity index (χ0n) is 17.0. The van der Waals surface area contributed by atoms with Gasteiger partial charge in [0, 0.05) is 18.2 Å². The molecule has 6 heteroatoms. The molecule has 0 spiro atoms. The molecule has 0 unspecified atom stereocenters. The minimum Gasteiger partial charge on any atom is -0.492 e. The van der Waals surface area contributed by atoms with Crippen molar-refractivity contribution in [2.24, 2.45) is 5.92 Å². The molecule has 150 valence electrons. The predicted octanol–water partition coefficient (Wildman–Crippen LogP) is 4.67. The molecule has 6 nitrogen and oxygen atoms in total. The maximum absolute atomic E-state index is 12.7. The molecule has 2 aromatic carbocycles. The van der Waals surface area contributed by atoms with Gasteiger partial charge in [0.25, 0.3) is 5.91 Å². The molecule has 0 aliphatic carbocycles. The Morgan fingerprint density at radius 1 is 1.03 bits per heavy atom. The fourth-order valence-electron chi connectivity index (χ4n) is 2.72. The lowest BCUT2D eigenvalue weighted by Crippen LogP contribution is -2.28. The number of carbonyl (C=O) groups is 1. The largest absolute Gasteiger partial charge is 0.492 e. The number of carbonyl (C=O) groups excluding carboxylic acids is 1. The summed E-state index contributed by atoms with van der Waals surface area (Å²) in [6.45, 7) is 7.17. The van der Waals surface area contributed by atoms with Crippen LogP contribution in [0, 0.1) is 5.92 Å². The van der Waals surface area contributed by atoms with Gasteiger partial charge < -0.3 is 15.4 Å². The average molecular weight is 390 g/mol. The molecule has 1 aromatic heterocycles. The van der Waals surface area contributed by atoms with Crippen LogP contribution in [-0.2, 0) is 0 Å². The van der Waals surface area contributed by atoms with Crippen LogP contribution in [0.15, 0.2) is 60.7 Å². The van der Waals surface area contributed by atoms with Gasteiger partial charge in [-0.05, 0) is 25.0 Å². The van der Waals surface area contributed by atoms with Gasteiger partial charge in [-0.15, -0.1) is 0 Å². The number of anilines is 2. The van der Waals surface area contributed by atoms with Crippen LogP contribution in [0.2, 0.25) is 0 Å². The fourth-order valence-corrected chi connectivity index (χ4v) is 2.72. The highest BCUT2D eigenvalue weighted by molar-refractivity contribution is 5.93. The Hall–Kier alpha value is -3.41. The van der Waals surface area contributed by atoms with Gasteiger partial charge >= 0.3 is 0 Å². The summed E-state index contributed by atoms with van der Waals surface area (Å²) in [4.78, 5) is 21.8. The molecule has 0 fully saturated rings. The number of para-hydroxylation sites is 2. The maximum atomic E-state index is 12.7. The van der Waals surface area contributed by atoms with Gasteiger partial charge in [-0.1, -0.05) is 56.3 Å². The van der Waals surface area contributed by atoms with E-state index in [0.717, 1.165) is 17.0 Å². The third kappa shape index (κ3) is 5.54. The number of hydrogen-bond donors (Lipinski definition) is 2. The van der Waals surface area contributed by atoms with E-state index in [-0.39, 0.29) is 5.91 Å². The van der Waals surface area contributed by atoms with Gasteiger partial charge in [0.1, 0.15) is 17.3 Å². The summed E-state index contributed by atoms with van der Waals surface area (Å²) in [5.74, 6) is 1.87. The molecule has 0 saturated heterocycles. The Morgan fingerprint density at radius 2 is 1.76 bits per heavy atom. The van der Waals surface area contributed by atoms with E-state index in [0.29, 0.717) is 36.4 Å². The molecule has 2 N–H and O–H groups in total. The summed E-state index contributed by atoms with van der Waals surface area (Å²) >= 11 is 0. The first-order valence-electron chi connectivity index (χ1n) is 9.78. The second kappa shape index (κ2) is 9.68. The molecule has 1 amide bonds. The minimum absolute atomic E-state index is 0.223. The van der Waals surface area contributed by atoms with E-state index in [4.69, 9.17) is 4.74 Å². The molecular weight excluding hydrogens is 364 g/mol. The van der Waals surface area contributed by atoms with Crippen LogP contribution in [-0.4, -0.2) is 29.0 Å². The summed E-state index contributed by atoms with van der Waals surface area (Å²) in [5, 5.41) is 6.19. The molecule has 0 radical (unpaired) electrons. The van der Waals surface area contributed by atoms with Gasteiger partial charge in [-0.25, -0.2) is 9.97 Å². The highest BCUT2D eigenvalue weighted by atomic mass is 16.5. The van der Waals surface area contributed by atoms with Crippen molar-refractivity contribution in [2.75, 3.05) is 18.5 Å². The van der Waals surface area contributed by atoms with Crippen LogP contribution < -0.4 is 15.4 Å². The number of benzene rings is 2. The molecule has 29 heavy (non-hydrogen) atoms. The first-order chi connectivity index (χ1) is 14.1. The van der Waals surface area contributed by atoms with Crippen molar-refractivity contribution in [3.8, 4) is 17.1 Å². The zero-order chi connectivity index (χ0) is 20.6. The van der Waals surface area contributed by atoms with Crippen LogP contribution >= 0.6 is 0 Å². The molecule has 0 aliphatic heterocycles. The minimum atomic E-state index is -0.223. The van der Waals surface area contributed by atoms with Crippen molar-refractivity contribution in [2.45, 2.75) is 20.8 Å². The molecule has 1 heterocycles. The van der Waals surface area contributed by atoms with Crippen molar-refractivity contribution in [1.29, 1.82) is 0 Å². The molecule has 3 aromatic rings. The highest BCUT2D eigenvalue weighted by Gasteiger charge is 2.14. The van der Waals surface area contributed by atoms with Gasteiger partial charge in [-0.3, -0.25) is 4.79 Å². The summed E-state index contributed by atoms with van der Waals surface area (Å²) in [6, 6.07) is 18.9. The molecule has 0 aliphatic rings. The van der Waals surface area contributed by atoms with Gasteiger partial charge in [0.05, 0.1) is 12.3 Å². The van der Waals surface area contributed by atoms with Crippen molar-refractivity contribution in [3.63, 3.8) is 0 Å². The number of ether oxygens (including phenoxy) is 1. The summed E-state index contributed by atoms with van der Waals surface area (Å²) in [7, 11) is 0. The number of nitrogens with zero attached hydrogens (tertiary/aromatic N) is 2. The topological polar surface area (TPSA) is 76.1 Å². The third-order valence-corrected chi connectivity index (χ3v) is 4.11. The van der Waals surface area contributed by atoms with E-state index in [9.17, 15) is 4.79 Å². The molecule has 0 saturated carbocycles. The van der Waals surface area contributed by atoms with Gasteiger partial charge in [0.2, 0.25) is 0 Å². The van der Waals surface area contributed by atoms with E-state index in [1.54, 1.807) is 6.07 Å².